The zero-order chi connectivity index (χ0) is 13.0. The summed E-state index contributed by atoms with van der Waals surface area (Å²) < 4.78 is 4.92. The predicted octanol–water partition coefficient (Wildman–Crippen LogP) is 3.37. The van der Waals surface area contributed by atoms with Crippen LogP contribution in [-0.2, 0) is 4.74 Å². The number of carbonyl (C=O) groups is 1. The number of anilines is 2. The van der Waals surface area contributed by atoms with E-state index >= 15 is 0 Å². The molecule has 0 radical (unpaired) electrons. The van der Waals surface area contributed by atoms with E-state index in [-0.39, 0.29) is 5.97 Å². The molecule has 4 nitrogen and oxygen atoms in total. The van der Waals surface area contributed by atoms with E-state index < -0.39 is 0 Å². The molecule has 2 aromatic rings. The van der Waals surface area contributed by atoms with Crippen LogP contribution in [-0.4, -0.2) is 17.6 Å². The molecular formula is C13H14N2O2S. The van der Waals surface area contributed by atoms with Crippen LogP contribution < -0.4 is 5.32 Å². The van der Waals surface area contributed by atoms with Crippen LogP contribution in [0.4, 0.5) is 10.8 Å². The lowest BCUT2D eigenvalue weighted by Crippen LogP contribution is -2.04. The average Bonchev–Trinajstić information content (AvgIpc) is 2.76. The van der Waals surface area contributed by atoms with Crippen LogP contribution in [0.5, 0.6) is 0 Å². The zero-order valence-corrected chi connectivity index (χ0v) is 11.1. The van der Waals surface area contributed by atoms with Crippen molar-refractivity contribution in [3.63, 3.8) is 0 Å². The Bertz CT molecular complexity index is 534. The summed E-state index contributed by atoms with van der Waals surface area (Å²) in [5.41, 5.74) is 2.45. The van der Waals surface area contributed by atoms with Gasteiger partial charge in [0.05, 0.1) is 17.9 Å². The first-order valence-electron chi connectivity index (χ1n) is 5.65. The van der Waals surface area contributed by atoms with Gasteiger partial charge in [0.2, 0.25) is 0 Å². The molecule has 1 N–H and O–H groups in total. The largest absolute Gasteiger partial charge is 0.462 e. The highest BCUT2D eigenvalue weighted by atomic mass is 32.1. The third-order valence-electron chi connectivity index (χ3n) is 2.27. The Kier molecular flexibility index (Phi) is 3.94. The maximum Gasteiger partial charge on any atom is 0.338 e. The molecule has 0 atom stereocenters. The molecule has 0 bridgehead atoms. The number of aryl methyl sites for hydroxylation is 1. The van der Waals surface area contributed by atoms with Crippen LogP contribution in [0.2, 0.25) is 0 Å². The minimum Gasteiger partial charge on any atom is -0.462 e. The van der Waals surface area contributed by atoms with E-state index in [1.54, 1.807) is 30.4 Å². The number of ether oxygens (including phenoxy) is 1. The van der Waals surface area contributed by atoms with Gasteiger partial charge in [-0.3, -0.25) is 0 Å². The third-order valence-corrected chi connectivity index (χ3v) is 3.14. The minimum absolute atomic E-state index is 0.297. The fourth-order valence-electron chi connectivity index (χ4n) is 1.44. The summed E-state index contributed by atoms with van der Waals surface area (Å²) in [5, 5.41) is 6.00. The summed E-state index contributed by atoms with van der Waals surface area (Å²) in [6.45, 7) is 4.13. The standard InChI is InChI=1S/C13H14N2O2S/c1-3-17-12(16)10-4-6-11(7-5-10)15-13-14-9(2)8-18-13/h4-8H,3H2,1-2H3,(H,14,15). The van der Waals surface area contributed by atoms with Crippen LogP contribution in [0, 0.1) is 6.92 Å². The first-order valence-corrected chi connectivity index (χ1v) is 6.53. The molecule has 5 heteroatoms. The van der Waals surface area contributed by atoms with Crippen LogP contribution >= 0.6 is 11.3 Å². The number of hydrogen-bond acceptors (Lipinski definition) is 5. The Labute approximate surface area is 110 Å². The lowest BCUT2D eigenvalue weighted by atomic mass is 10.2. The molecule has 0 unspecified atom stereocenters. The van der Waals surface area contributed by atoms with Crippen molar-refractivity contribution < 1.29 is 9.53 Å². The lowest BCUT2D eigenvalue weighted by Gasteiger charge is -2.04. The molecule has 0 aliphatic heterocycles. The van der Waals surface area contributed by atoms with Gasteiger partial charge in [-0.25, -0.2) is 9.78 Å². The molecule has 0 aliphatic carbocycles. The van der Waals surface area contributed by atoms with Gasteiger partial charge in [-0.05, 0) is 38.1 Å². The maximum absolute atomic E-state index is 11.5. The van der Waals surface area contributed by atoms with Crippen LogP contribution in [0.15, 0.2) is 29.6 Å². The number of aromatic nitrogens is 1. The summed E-state index contributed by atoms with van der Waals surface area (Å²) in [4.78, 5) is 15.8. The number of hydrogen-bond donors (Lipinski definition) is 1. The molecule has 1 aromatic heterocycles. The lowest BCUT2D eigenvalue weighted by molar-refractivity contribution is 0.0526. The van der Waals surface area contributed by atoms with Crippen molar-refractivity contribution in [3.8, 4) is 0 Å². The summed E-state index contributed by atoms with van der Waals surface area (Å²) in [6, 6.07) is 7.15. The molecule has 2 rings (SSSR count). The monoisotopic (exact) mass is 262 g/mol. The smallest absolute Gasteiger partial charge is 0.338 e. The fraction of sp³-hybridized carbons (Fsp3) is 0.231. The number of benzene rings is 1. The summed E-state index contributed by atoms with van der Waals surface area (Å²) in [7, 11) is 0. The third kappa shape index (κ3) is 3.07. The summed E-state index contributed by atoms with van der Waals surface area (Å²) in [6.07, 6.45) is 0. The molecule has 94 valence electrons. The molecule has 1 aromatic carbocycles. The van der Waals surface area contributed by atoms with E-state index in [9.17, 15) is 4.79 Å². The van der Waals surface area contributed by atoms with Gasteiger partial charge in [0.25, 0.3) is 0 Å². The number of nitrogens with one attached hydrogen (secondary N) is 1. The van der Waals surface area contributed by atoms with Gasteiger partial charge < -0.3 is 10.1 Å². The van der Waals surface area contributed by atoms with E-state index in [0.29, 0.717) is 12.2 Å². The molecule has 0 saturated heterocycles. The molecule has 0 saturated carbocycles. The van der Waals surface area contributed by atoms with Gasteiger partial charge in [-0.15, -0.1) is 11.3 Å². The van der Waals surface area contributed by atoms with Gasteiger partial charge in [0.15, 0.2) is 5.13 Å². The highest BCUT2D eigenvalue weighted by Crippen LogP contribution is 2.20. The fourth-order valence-corrected chi connectivity index (χ4v) is 2.15. The van der Waals surface area contributed by atoms with E-state index in [0.717, 1.165) is 16.5 Å². The van der Waals surface area contributed by atoms with E-state index in [2.05, 4.69) is 10.3 Å². The van der Waals surface area contributed by atoms with Gasteiger partial charge in [0.1, 0.15) is 0 Å². The molecule has 0 amide bonds. The predicted molar refractivity (Wildman–Crippen MR) is 72.5 cm³/mol. The van der Waals surface area contributed by atoms with Crippen LogP contribution in [0.1, 0.15) is 23.0 Å². The van der Waals surface area contributed by atoms with Crippen LogP contribution in [0.3, 0.4) is 0 Å². The number of carbonyl (C=O) groups excluding carboxylic acids is 1. The van der Waals surface area contributed by atoms with Crippen molar-refractivity contribution in [2.75, 3.05) is 11.9 Å². The van der Waals surface area contributed by atoms with E-state index in [4.69, 9.17) is 4.74 Å². The summed E-state index contributed by atoms with van der Waals surface area (Å²) >= 11 is 1.55. The van der Waals surface area contributed by atoms with Gasteiger partial charge in [-0.1, -0.05) is 0 Å². The Morgan fingerprint density at radius 2 is 2.11 bits per heavy atom. The number of esters is 1. The number of rotatable bonds is 4. The highest BCUT2D eigenvalue weighted by molar-refractivity contribution is 7.13. The Morgan fingerprint density at radius 1 is 1.39 bits per heavy atom. The van der Waals surface area contributed by atoms with Crippen molar-refractivity contribution in [2.24, 2.45) is 0 Å². The molecule has 0 spiro atoms. The second-order valence-electron chi connectivity index (χ2n) is 3.72. The SMILES string of the molecule is CCOC(=O)c1ccc(Nc2nc(C)cs2)cc1. The van der Waals surface area contributed by atoms with Crippen molar-refractivity contribution in [1.29, 1.82) is 0 Å². The van der Waals surface area contributed by atoms with Crippen molar-refractivity contribution in [1.82, 2.24) is 4.98 Å². The Morgan fingerprint density at radius 3 is 2.67 bits per heavy atom. The number of thiazole rings is 1. The number of nitrogens with zero attached hydrogens (tertiary/aromatic N) is 1. The molecule has 0 fully saturated rings. The maximum atomic E-state index is 11.5. The Balaban J connectivity index is 2.05. The molecule has 18 heavy (non-hydrogen) atoms. The minimum atomic E-state index is -0.297. The topological polar surface area (TPSA) is 51.2 Å². The first-order chi connectivity index (χ1) is 8.69. The Hall–Kier alpha value is -1.88. The first kappa shape index (κ1) is 12.6. The van der Waals surface area contributed by atoms with Gasteiger partial charge >= 0.3 is 5.97 Å². The van der Waals surface area contributed by atoms with Crippen molar-refractivity contribution >= 4 is 28.1 Å². The van der Waals surface area contributed by atoms with Crippen LogP contribution in [0.25, 0.3) is 0 Å². The zero-order valence-electron chi connectivity index (χ0n) is 10.3. The summed E-state index contributed by atoms with van der Waals surface area (Å²) in [5.74, 6) is -0.297. The molecule has 0 aliphatic rings. The second kappa shape index (κ2) is 5.64. The quantitative estimate of drug-likeness (QED) is 0.858. The normalized spacial score (nSPS) is 10.1. The molecular weight excluding hydrogens is 248 g/mol. The molecule has 1 heterocycles. The van der Waals surface area contributed by atoms with E-state index in [1.807, 2.05) is 24.4 Å². The average molecular weight is 262 g/mol. The highest BCUT2D eigenvalue weighted by Gasteiger charge is 2.06. The van der Waals surface area contributed by atoms with E-state index in [1.165, 1.54) is 0 Å². The van der Waals surface area contributed by atoms with Crippen molar-refractivity contribution in [2.45, 2.75) is 13.8 Å². The van der Waals surface area contributed by atoms with Crippen molar-refractivity contribution in [3.05, 3.63) is 40.9 Å². The van der Waals surface area contributed by atoms with Gasteiger partial charge in [0, 0.05) is 11.1 Å². The van der Waals surface area contributed by atoms with Gasteiger partial charge in [-0.2, -0.15) is 0 Å². The second-order valence-corrected chi connectivity index (χ2v) is 4.57.